The normalized spacial score (nSPS) is 10.7. The van der Waals surface area contributed by atoms with Crippen LogP contribution in [0.1, 0.15) is 31.7 Å². The van der Waals surface area contributed by atoms with Gasteiger partial charge in [0.2, 0.25) is 5.91 Å². The van der Waals surface area contributed by atoms with Crippen LogP contribution >= 0.6 is 11.6 Å². The Balaban J connectivity index is 2.07. The minimum Gasteiger partial charge on any atom is -0.495 e. The second-order valence-electron chi connectivity index (χ2n) is 6.48. The van der Waals surface area contributed by atoms with Crippen LogP contribution < -0.4 is 24.3 Å². The Labute approximate surface area is 182 Å². The molecule has 2 rings (SSSR count). The van der Waals surface area contributed by atoms with E-state index >= 15 is 0 Å². The molecule has 2 aromatic rings. The van der Waals surface area contributed by atoms with Crippen LogP contribution in [0.2, 0.25) is 5.02 Å². The zero-order valence-electron chi connectivity index (χ0n) is 17.8. The van der Waals surface area contributed by atoms with Crippen molar-refractivity contribution in [3.8, 4) is 23.0 Å². The monoisotopic (exact) mass is 433 g/mol. The molecular weight excluding hydrogens is 406 g/mol. The Hall–Kier alpha value is -2.86. The first-order valence-corrected chi connectivity index (χ1v) is 10.1. The van der Waals surface area contributed by atoms with Crippen LogP contribution in [0.15, 0.2) is 36.4 Å². The molecule has 0 unspecified atom stereocenters. The molecule has 0 atom stereocenters. The van der Waals surface area contributed by atoms with Crippen LogP contribution in [0, 0.1) is 0 Å². The van der Waals surface area contributed by atoms with E-state index in [2.05, 4.69) is 12.2 Å². The van der Waals surface area contributed by atoms with Crippen molar-refractivity contribution in [2.24, 2.45) is 0 Å². The van der Waals surface area contributed by atoms with Gasteiger partial charge in [-0.15, -0.1) is 0 Å². The number of carbonyl (C=O) groups is 1. The van der Waals surface area contributed by atoms with Gasteiger partial charge in [-0.05, 0) is 30.2 Å². The standard InChI is InChI=1S/C23H28ClNO5/c1-5-6-7-12-30-19-10-8-16(13-22(19)29-4)9-11-23(26)25-18-15-20(27-2)17(24)14-21(18)28-3/h8-11,13-15H,5-7,12H2,1-4H3,(H,25,26). The summed E-state index contributed by atoms with van der Waals surface area (Å²) in [6.45, 7) is 2.80. The van der Waals surface area contributed by atoms with E-state index in [1.807, 2.05) is 18.2 Å². The Morgan fingerprint density at radius 2 is 1.70 bits per heavy atom. The van der Waals surface area contributed by atoms with Gasteiger partial charge >= 0.3 is 0 Å². The Morgan fingerprint density at radius 1 is 0.967 bits per heavy atom. The lowest BCUT2D eigenvalue weighted by Gasteiger charge is -2.12. The van der Waals surface area contributed by atoms with E-state index in [4.69, 9.17) is 30.5 Å². The van der Waals surface area contributed by atoms with Gasteiger partial charge in [0.05, 0.1) is 38.6 Å². The van der Waals surface area contributed by atoms with Crippen LogP contribution in [0.5, 0.6) is 23.0 Å². The van der Waals surface area contributed by atoms with Crippen LogP contribution in [0.3, 0.4) is 0 Å². The number of hydrogen-bond acceptors (Lipinski definition) is 5. The summed E-state index contributed by atoms with van der Waals surface area (Å²) < 4.78 is 21.7. The largest absolute Gasteiger partial charge is 0.495 e. The maximum absolute atomic E-state index is 12.4. The molecule has 0 aliphatic rings. The van der Waals surface area contributed by atoms with Gasteiger partial charge in [0, 0.05) is 18.2 Å². The highest BCUT2D eigenvalue weighted by Crippen LogP contribution is 2.36. The summed E-state index contributed by atoms with van der Waals surface area (Å²) in [5.74, 6) is 1.87. The lowest BCUT2D eigenvalue weighted by atomic mass is 10.2. The quantitative estimate of drug-likeness (QED) is 0.369. The smallest absolute Gasteiger partial charge is 0.248 e. The first-order valence-electron chi connectivity index (χ1n) is 9.73. The van der Waals surface area contributed by atoms with Crippen molar-refractivity contribution in [3.05, 3.63) is 47.0 Å². The number of hydrogen-bond donors (Lipinski definition) is 1. The summed E-state index contributed by atoms with van der Waals surface area (Å²) in [5, 5.41) is 3.16. The van der Waals surface area contributed by atoms with Gasteiger partial charge in [-0.1, -0.05) is 37.4 Å². The van der Waals surface area contributed by atoms with E-state index < -0.39 is 0 Å². The first kappa shape index (κ1) is 23.4. The second kappa shape index (κ2) is 12.0. The molecule has 2 aromatic carbocycles. The van der Waals surface area contributed by atoms with Gasteiger partial charge in [0.25, 0.3) is 0 Å². The molecule has 0 spiro atoms. The zero-order valence-corrected chi connectivity index (χ0v) is 18.5. The summed E-state index contributed by atoms with van der Waals surface area (Å²) in [4.78, 5) is 12.4. The molecule has 0 fully saturated rings. The number of unbranched alkanes of at least 4 members (excludes halogenated alkanes) is 2. The molecule has 0 aliphatic carbocycles. The minimum atomic E-state index is -0.323. The van der Waals surface area contributed by atoms with E-state index in [1.54, 1.807) is 25.3 Å². The van der Waals surface area contributed by atoms with Gasteiger partial charge in [0.1, 0.15) is 11.5 Å². The number of rotatable bonds is 11. The molecule has 0 heterocycles. The summed E-state index contributed by atoms with van der Waals surface area (Å²) in [7, 11) is 4.60. The molecule has 0 aliphatic heterocycles. The summed E-state index contributed by atoms with van der Waals surface area (Å²) in [5.41, 5.74) is 1.27. The number of carbonyl (C=O) groups excluding carboxylic acids is 1. The molecule has 7 heteroatoms. The summed E-state index contributed by atoms with van der Waals surface area (Å²) in [6.07, 6.45) is 6.39. The lowest BCUT2D eigenvalue weighted by molar-refractivity contribution is -0.111. The number of nitrogens with one attached hydrogen (secondary N) is 1. The Bertz CT molecular complexity index is 882. The molecule has 162 valence electrons. The van der Waals surface area contributed by atoms with Crippen LogP contribution in [-0.4, -0.2) is 33.8 Å². The third-order valence-electron chi connectivity index (χ3n) is 4.35. The van der Waals surface area contributed by atoms with Crippen molar-refractivity contribution in [3.63, 3.8) is 0 Å². The topological polar surface area (TPSA) is 66.0 Å². The van der Waals surface area contributed by atoms with Crippen LogP contribution in [0.25, 0.3) is 6.08 Å². The number of methoxy groups -OCH3 is 3. The van der Waals surface area contributed by atoms with Crippen molar-refractivity contribution in [1.82, 2.24) is 0 Å². The van der Waals surface area contributed by atoms with Crippen molar-refractivity contribution >= 4 is 29.3 Å². The minimum absolute atomic E-state index is 0.323. The highest BCUT2D eigenvalue weighted by atomic mass is 35.5. The second-order valence-corrected chi connectivity index (χ2v) is 6.88. The lowest BCUT2D eigenvalue weighted by Crippen LogP contribution is -2.09. The van der Waals surface area contributed by atoms with Crippen LogP contribution in [0.4, 0.5) is 5.69 Å². The number of halogens is 1. The Kier molecular flexibility index (Phi) is 9.35. The first-order chi connectivity index (χ1) is 14.5. The number of anilines is 1. The third-order valence-corrected chi connectivity index (χ3v) is 4.65. The molecular formula is C23H28ClNO5. The van der Waals surface area contributed by atoms with Gasteiger partial charge in [0.15, 0.2) is 11.5 Å². The summed E-state index contributed by atoms with van der Waals surface area (Å²) in [6, 6.07) is 8.73. The maximum atomic E-state index is 12.4. The number of benzene rings is 2. The van der Waals surface area contributed by atoms with Crippen molar-refractivity contribution < 1.29 is 23.7 Å². The van der Waals surface area contributed by atoms with Gasteiger partial charge < -0.3 is 24.3 Å². The SMILES string of the molecule is CCCCCOc1ccc(C=CC(=O)Nc2cc(OC)c(Cl)cc2OC)cc1OC. The van der Waals surface area contributed by atoms with Crippen molar-refractivity contribution in [1.29, 1.82) is 0 Å². The molecule has 0 saturated heterocycles. The molecule has 0 aromatic heterocycles. The van der Waals surface area contributed by atoms with E-state index in [0.29, 0.717) is 40.3 Å². The molecule has 0 bridgehead atoms. The van der Waals surface area contributed by atoms with E-state index in [9.17, 15) is 4.79 Å². The van der Waals surface area contributed by atoms with Gasteiger partial charge in [-0.25, -0.2) is 0 Å². The molecule has 1 N–H and O–H groups in total. The zero-order chi connectivity index (χ0) is 21.9. The number of ether oxygens (including phenoxy) is 4. The van der Waals surface area contributed by atoms with Crippen molar-refractivity contribution in [2.45, 2.75) is 26.2 Å². The van der Waals surface area contributed by atoms with Gasteiger partial charge in [-0.2, -0.15) is 0 Å². The fourth-order valence-electron chi connectivity index (χ4n) is 2.75. The summed E-state index contributed by atoms with van der Waals surface area (Å²) >= 11 is 6.09. The predicted molar refractivity (Wildman–Crippen MR) is 120 cm³/mol. The Morgan fingerprint density at radius 3 is 2.37 bits per heavy atom. The highest BCUT2D eigenvalue weighted by Gasteiger charge is 2.11. The average molecular weight is 434 g/mol. The maximum Gasteiger partial charge on any atom is 0.248 e. The van der Waals surface area contributed by atoms with E-state index in [-0.39, 0.29) is 5.91 Å². The molecule has 30 heavy (non-hydrogen) atoms. The fraction of sp³-hybridized carbons (Fsp3) is 0.348. The van der Waals surface area contributed by atoms with Crippen LogP contribution in [-0.2, 0) is 4.79 Å². The molecule has 6 nitrogen and oxygen atoms in total. The van der Waals surface area contributed by atoms with Gasteiger partial charge in [-0.3, -0.25) is 4.79 Å². The van der Waals surface area contributed by atoms with E-state index in [1.165, 1.54) is 20.3 Å². The molecule has 0 saturated carbocycles. The average Bonchev–Trinajstić information content (AvgIpc) is 2.76. The fourth-order valence-corrected chi connectivity index (χ4v) is 2.98. The molecule has 0 radical (unpaired) electrons. The van der Waals surface area contributed by atoms with Crippen molar-refractivity contribution in [2.75, 3.05) is 33.3 Å². The molecule has 1 amide bonds. The number of amides is 1. The highest BCUT2D eigenvalue weighted by molar-refractivity contribution is 6.32. The third kappa shape index (κ3) is 6.59. The van der Waals surface area contributed by atoms with E-state index in [0.717, 1.165) is 24.8 Å². The predicted octanol–water partition coefficient (Wildman–Crippen LogP) is 5.59.